The number of hydrogen-bond donors (Lipinski definition) is 2. The Morgan fingerprint density at radius 1 is 1.40 bits per heavy atom. The molecule has 0 amide bonds. The van der Waals surface area contributed by atoms with Gasteiger partial charge in [0.25, 0.3) is 0 Å². The van der Waals surface area contributed by atoms with Gasteiger partial charge in [0.15, 0.2) is 5.84 Å². The van der Waals surface area contributed by atoms with E-state index in [9.17, 15) is 0 Å². The second-order valence-corrected chi connectivity index (χ2v) is 3.83. The Bertz CT molecular complexity index is 539. The molecule has 0 saturated carbocycles. The highest BCUT2D eigenvalue weighted by Crippen LogP contribution is 2.24. The zero-order valence-electron chi connectivity index (χ0n) is 7.68. The molecule has 0 bridgehead atoms. The zero-order valence-corrected chi connectivity index (χ0v) is 9.27. The standard InChI is InChI=1S/C10H8BrN3O/c11-8-4-3-7(10(12)14-15)9-6(8)2-1-5-13-9/h1-5,15H,(H2,12,14). The van der Waals surface area contributed by atoms with Crippen LogP contribution in [0.15, 0.2) is 40.1 Å². The van der Waals surface area contributed by atoms with Gasteiger partial charge in [0.1, 0.15) is 0 Å². The summed E-state index contributed by atoms with van der Waals surface area (Å²) >= 11 is 3.42. The fourth-order valence-corrected chi connectivity index (χ4v) is 1.85. The van der Waals surface area contributed by atoms with E-state index < -0.39 is 0 Å². The lowest BCUT2D eigenvalue weighted by Gasteiger charge is -2.05. The lowest BCUT2D eigenvalue weighted by Crippen LogP contribution is -2.13. The van der Waals surface area contributed by atoms with Crippen LogP contribution in [0.3, 0.4) is 0 Å². The summed E-state index contributed by atoms with van der Waals surface area (Å²) in [5, 5.41) is 12.6. The number of nitrogens with zero attached hydrogens (tertiary/aromatic N) is 2. The van der Waals surface area contributed by atoms with Crippen molar-refractivity contribution in [2.75, 3.05) is 0 Å². The number of nitrogens with two attached hydrogens (primary N) is 1. The monoisotopic (exact) mass is 265 g/mol. The Morgan fingerprint density at radius 3 is 2.93 bits per heavy atom. The minimum absolute atomic E-state index is 0.0613. The molecule has 15 heavy (non-hydrogen) atoms. The Labute approximate surface area is 94.5 Å². The summed E-state index contributed by atoms with van der Waals surface area (Å²) in [6, 6.07) is 7.36. The molecule has 0 aliphatic rings. The maximum absolute atomic E-state index is 8.64. The molecule has 0 spiro atoms. The van der Waals surface area contributed by atoms with Crippen molar-refractivity contribution in [3.63, 3.8) is 0 Å². The van der Waals surface area contributed by atoms with Gasteiger partial charge < -0.3 is 10.9 Å². The number of halogens is 1. The van der Waals surface area contributed by atoms with Crippen LogP contribution in [0.4, 0.5) is 0 Å². The van der Waals surface area contributed by atoms with Crippen molar-refractivity contribution in [3.05, 3.63) is 40.5 Å². The third kappa shape index (κ3) is 1.66. The first-order valence-electron chi connectivity index (χ1n) is 4.25. The number of benzene rings is 1. The molecule has 2 aromatic rings. The first-order chi connectivity index (χ1) is 7.24. The molecule has 1 heterocycles. The van der Waals surface area contributed by atoms with Gasteiger partial charge in [-0.2, -0.15) is 0 Å². The van der Waals surface area contributed by atoms with E-state index >= 15 is 0 Å². The number of fused-ring (bicyclic) bond motifs is 1. The number of rotatable bonds is 1. The molecule has 3 N–H and O–H groups in total. The summed E-state index contributed by atoms with van der Waals surface area (Å²) in [4.78, 5) is 4.21. The SMILES string of the molecule is N/C(=N\O)c1ccc(Br)c2cccnc12. The van der Waals surface area contributed by atoms with E-state index in [0.29, 0.717) is 11.1 Å². The van der Waals surface area contributed by atoms with Crippen molar-refractivity contribution >= 4 is 32.7 Å². The molecule has 0 unspecified atom stereocenters. The van der Waals surface area contributed by atoms with Crippen molar-refractivity contribution in [3.8, 4) is 0 Å². The maximum Gasteiger partial charge on any atom is 0.172 e. The summed E-state index contributed by atoms with van der Waals surface area (Å²) in [5.74, 6) is 0.0613. The number of aromatic nitrogens is 1. The molecular weight excluding hydrogens is 258 g/mol. The van der Waals surface area contributed by atoms with E-state index in [2.05, 4.69) is 26.1 Å². The highest BCUT2D eigenvalue weighted by molar-refractivity contribution is 9.10. The van der Waals surface area contributed by atoms with Crippen molar-refractivity contribution in [2.45, 2.75) is 0 Å². The fourth-order valence-electron chi connectivity index (χ4n) is 1.40. The van der Waals surface area contributed by atoms with Gasteiger partial charge in [0.05, 0.1) is 5.52 Å². The average Bonchev–Trinajstić information content (AvgIpc) is 2.29. The van der Waals surface area contributed by atoms with Gasteiger partial charge in [-0.1, -0.05) is 27.2 Å². The number of amidine groups is 1. The molecule has 0 radical (unpaired) electrons. The highest BCUT2D eigenvalue weighted by atomic mass is 79.9. The normalized spacial score (nSPS) is 11.9. The van der Waals surface area contributed by atoms with Crippen molar-refractivity contribution in [1.82, 2.24) is 4.98 Å². The van der Waals surface area contributed by atoms with Gasteiger partial charge >= 0.3 is 0 Å². The van der Waals surface area contributed by atoms with Gasteiger partial charge in [-0.05, 0) is 18.2 Å². The molecule has 2 rings (SSSR count). The fraction of sp³-hybridized carbons (Fsp3) is 0. The van der Waals surface area contributed by atoms with Crippen LogP contribution >= 0.6 is 15.9 Å². The van der Waals surface area contributed by atoms with Gasteiger partial charge in [-0.3, -0.25) is 4.98 Å². The molecular formula is C10H8BrN3O. The highest BCUT2D eigenvalue weighted by Gasteiger charge is 2.08. The average molecular weight is 266 g/mol. The van der Waals surface area contributed by atoms with Crippen molar-refractivity contribution in [2.24, 2.45) is 10.9 Å². The predicted octanol–water partition coefficient (Wildman–Crippen LogP) is 2.09. The van der Waals surface area contributed by atoms with E-state index in [0.717, 1.165) is 9.86 Å². The van der Waals surface area contributed by atoms with E-state index in [1.807, 2.05) is 18.2 Å². The first-order valence-corrected chi connectivity index (χ1v) is 5.04. The predicted molar refractivity (Wildman–Crippen MR) is 62.0 cm³/mol. The smallest absolute Gasteiger partial charge is 0.172 e. The summed E-state index contributed by atoms with van der Waals surface area (Å²) < 4.78 is 0.931. The summed E-state index contributed by atoms with van der Waals surface area (Å²) in [6.07, 6.45) is 1.67. The molecule has 0 aliphatic heterocycles. The van der Waals surface area contributed by atoms with Gasteiger partial charge in [-0.15, -0.1) is 0 Å². The van der Waals surface area contributed by atoms with Crippen molar-refractivity contribution in [1.29, 1.82) is 0 Å². The molecule has 0 aliphatic carbocycles. The third-order valence-electron chi connectivity index (χ3n) is 2.10. The first kappa shape index (κ1) is 9.92. The van der Waals surface area contributed by atoms with Crippen LogP contribution in [0.1, 0.15) is 5.56 Å². The van der Waals surface area contributed by atoms with Crippen LogP contribution in [0.5, 0.6) is 0 Å². The Balaban J connectivity index is 2.83. The zero-order chi connectivity index (χ0) is 10.8. The van der Waals surface area contributed by atoms with Crippen LogP contribution in [0.25, 0.3) is 10.9 Å². The lowest BCUT2D eigenvalue weighted by molar-refractivity contribution is 0.318. The number of pyridine rings is 1. The molecule has 5 heteroatoms. The second-order valence-electron chi connectivity index (χ2n) is 2.98. The largest absolute Gasteiger partial charge is 0.409 e. The van der Waals surface area contributed by atoms with Crippen LogP contribution in [-0.4, -0.2) is 16.0 Å². The molecule has 0 fully saturated rings. The van der Waals surface area contributed by atoms with E-state index in [1.165, 1.54) is 0 Å². The van der Waals surface area contributed by atoms with E-state index in [4.69, 9.17) is 10.9 Å². The van der Waals surface area contributed by atoms with Crippen LogP contribution in [0.2, 0.25) is 0 Å². The summed E-state index contributed by atoms with van der Waals surface area (Å²) in [5.41, 5.74) is 6.89. The van der Waals surface area contributed by atoms with Gasteiger partial charge in [0, 0.05) is 21.6 Å². The molecule has 1 aromatic heterocycles. The minimum atomic E-state index is 0.0613. The summed E-state index contributed by atoms with van der Waals surface area (Å²) in [6.45, 7) is 0. The Kier molecular flexibility index (Phi) is 2.55. The Hall–Kier alpha value is -1.62. The molecule has 0 atom stereocenters. The topological polar surface area (TPSA) is 71.5 Å². The number of hydrogen-bond acceptors (Lipinski definition) is 3. The minimum Gasteiger partial charge on any atom is -0.409 e. The van der Waals surface area contributed by atoms with Crippen molar-refractivity contribution < 1.29 is 5.21 Å². The molecule has 76 valence electrons. The molecule has 1 aromatic carbocycles. The second kappa shape index (κ2) is 3.86. The lowest BCUT2D eigenvalue weighted by atomic mass is 10.1. The van der Waals surface area contributed by atoms with Gasteiger partial charge in [-0.25, -0.2) is 0 Å². The molecule has 0 saturated heterocycles. The third-order valence-corrected chi connectivity index (χ3v) is 2.79. The van der Waals surface area contributed by atoms with Crippen LogP contribution < -0.4 is 5.73 Å². The summed E-state index contributed by atoms with van der Waals surface area (Å²) in [7, 11) is 0. The quantitative estimate of drug-likeness (QED) is 0.359. The van der Waals surface area contributed by atoms with E-state index in [-0.39, 0.29) is 5.84 Å². The number of oxime groups is 1. The maximum atomic E-state index is 8.64. The molecule has 4 nitrogen and oxygen atoms in total. The Morgan fingerprint density at radius 2 is 2.20 bits per heavy atom. The van der Waals surface area contributed by atoms with E-state index in [1.54, 1.807) is 12.3 Å². The van der Waals surface area contributed by atoms with Crippen LogP contribution in [0, 0.1) is 0 Å². The van der Waals surface area contributed by atoms with Crippen LogP contribution in [-0.2, 0) is 0 Å². The van der Waals surface area contributed by atoms with Gasteiger partial charge in [0.2, 0.25) is 0 Å².